The Morgan fingerprint density at radius 3 is 2.61 bits per heavy atom. The summed E-state index contributed by atoms with van der Waals surface area (Å²) in [4.78, 5) is 11.4. The Kier molecular flexibility index (Phi) is 3.40. The van der Waals surface area contributed by atoms with Gasteiger partial charge in [0.15, 0.2) is 5.76 Å². The van der Waals surface area contributed by atoms with Crippen LogP contribution in [0.5, 0.6) is 0 Å². The zero-order chi connectivity index (χ0) is 13.3. The highest BCUT2D eigenvalue weighted by atomic mass is 32.2. The van der Waals surface area contributed by atoms with Gasteiger partial charge in [-0.3, -0.25) is 4.79 Å². The van der Waals surface area contributed by atoms with Gasteiger partial charge in [0.2, 0.25) is 15.9 Å². The van der Waals surface area contributed by atoms with Gasteiger partial charge in [-0.25, -0.2) is 13.1 Å². The number of nitrogens with one attached hydrogen (secondary N) is 2. The fourth-order valence-corrected chi connectivity index (χ4v) is 2.90. The highest BCUT2D eigenvalue weighted by molar-refractivity contribution is 7.89. The molecule has 0 spiro atoms. The molecule has 0 aliphatic heterocycles. The predicted octanol–water partition coefficient (Wildman–Crippen LogP) is -0.152. The van der Waals surface area contributed by atoms with Crippen molar-refractivity contribution in [1.82, 2.24) is 15.2 Å². The van der Waals surface area contributed by atoms with Crippen LogP contribution in [-0.4, -0.2) is 32.1 Å². The summed E-state index contributed by atoms with van der Waals surface area (Å²) in [6.07, 6.45) is 1.92. The maximum atomic E-state index is 11.9. The van der Waals surface area contributed by atoms with Gasteiger partial charge in [-0.15, -0.1) is 0 Å². The van der Waals surface area contributed by atoms with E-state index in [1.54, 1.807) is 0 Å². The lowest BCUT2D eigenvalue weighted by Crippen LogP contribution is -2.38. The van der Waals surface area contributed by atoms with Crippen LogP contribution in [0.2, 0.25) is 0 Å². The van der Waals surface area contributed by atoms with Gasteiger partial charge < -0.3 is 9.84 Å². The van der Waals surface area contributed by atoms with Crippen molar-refractivity contribution in [3.05, 3.63) is 11.5 Å². The molecule has 1 aromatic rings. The van der Waals surface area contributed by atoms with Crippen molar-refractivity contribution in [3.8, 4) is 0 Å². The van der Waals surface area contributed by atoms with Crippen molar-refractivity contribution in [3.63, 3.8) is 0 Å². The van der Waals surface area contributed by atoms with Crippen LogP contribution in [0.25, 0.3) is 0 Å². The molecule has 1 aliphatic rings. The van der Waals surface area contributed by atoms with Gasteiger partial charge in [0.1, 0.15) is 10.6 Å². The summed E-state index contributed by atoms with van der Waals surface area (Å²) in [7, 11) is -3.76. The van der Waals surface area contributed by atoms with Gasteiger partial charge in [0, 0.05) is 6.04 Å². The van der Waals surface area contributed by atoms with Crippen LogP contribution >= 0.6 is 0 Å². The van der Waals surface area contributed by atoms with Gasteiger partial charge in [-0.1, -0.05) is 5.16 Å². The van der Waals surface area contributed by atoms with E-state index in [2.05, 4.69) is 15.2 Å². The van der Waals surface area contributed by atoms with E-state index in [1.165, 1.54) is 13.8 Å². The minimum atomic E-state index is -3.76. The van der Waals surface area contributed by atoms with E-state index in [0.29, 0.717) is 0 Å². The quantitative estimate of drug-likeness (QED) is 0.776. The number of carbonyl (C=O) groups is 1. The fraction of sp³-hybridized carbons (Fsp3) is 0.600. The van der Waals surface area contributed by atoms with Gasteiger partial charge in [-0.2, -0.15) is 0 Å². The van der Waals surface area contributed by atoms with Crippen LogP contribution in [-0.2, 0) is 14.8 Å². The first-order chi connectivity index (χ1) is 8.40. The van der Waals surface area contributed by atoms with Crippen LogP contribution in [0.3, 0.4) is 0 Å². The van der Waals surface area contributed by atoms with Crippen molar-refractivity contribution in [2.75, 3.05) is 6.54 Å². The van der Waals surface area contributed by atoms with Crippen molar-refractivity contribution in [2.24, 2.45) is 0 Å². The summed E-state index contributed by atoms with van der Waals surface area (Å²) >= 11 is 0. The predicted molar refractivity (Wildman–Crippen MR) is 62.3 cm³/mol. The van der Waals surface area contributed by atoms with E-state index >= 15 is 0 Å². The molecule has 2 N–H and O–H groups in total. The first-order valence-corrected chi connectivity index (χ1v) is 7.10. The molecule has 7 nitrogen and oxygen atoms in total. The summed E-state index contributed by atoms with van der Waals surface area (Å²) in [5, 5.41) is 6.27. The molecule has 1 amide bonds. The molecule has 0 saturated heterocycles. The number of nitrogens with zero attached hydrogens (tertiary/aromatic N) is 1. The second-order valence-electron chi connectivity index (χ2n) is 4.32. The van der Waals surface area contributed by atoms with Gasteiger partial charge in [0.25, 0.3) is 0 Å². The van der Waals surface area contributed by atoms with Crippen LogP contribution in [0.15, 0.2) is 9.42 Å². The Labute approximate surface area is 105 Å². The molecule has 1 aromatic heterocycles. The minimum Gasteiger partial charge on any atom is -0.360 e. The van der Waals surface area contributed by atoms with Gasteiger partial charge in [0.05, 0.1) is 6.54 Å². The summed E-state index contributed by atoms with van der Waals surface area (Å²) in [5.41, 5.74) is 0.280. The highest BCUT2D eigenvalue weighted by Crippen LogP contribution is 2.19. The molecule has 1 saturated carbocycles. The second kappa shape index (κ2) is 4.69. The lowest BCUT2D eigenvalue weighted by molar-refractivity contribution is -0.120. The van der Waals surface area contributed by atoms with Crippen LogP contribution in [0.1, 0.15) is 24.3 Å². The average Bonchev–Trinajstić information content (AvgIpc) is 3.01. The fourth-order valence-electron chi connectivity index (χ4n) is 1.60. The Morgan fingerprint density at radius 1 is 1.44 bits per heavy atom. The number of carbonyl (C=O) groups excluding carboxylic acids is 1. The molecule has 100 valence electrons. The zero-order valence-corrected chi connectivity index (χ0v) is 11.0. The van der Waals surface area contributed by atoms with Crippen molar-refractivity contribution >= 4 is 15.9 Å². The van der Waals surface area contributed by atoms with Gasteiger partial charge in [-0.05, 0) is 26.7 Å². The van der Waals surface area contributed by atoms with Crippen LogP contribution < -0.4 is 10.0 Å². The Balaban J connectivity index is 2.01. The third-order valence-corrected chi connectivity index (χ3v) is 4.25. The molecular weight excluding hydrogens is 258 g/mol. The molecule has 0 radical (unpaired) electrons. The van der Waals surface area contributed by atoms with Crippen molar-refractivity contribution < 1.29 is 17.7 Å². The first-order valence-electron chi connectivity index (χ1n) is 5.62. The molecule has 1 aliphatic carbocycles. The molecular formula is C10H15N3O4S. The lowest BCUT2D eigenvalue weighted by Gasteiger charge is -2.06. The van der Waals surface area contributed by atoms with E-state index in [1.807, 2.05) is 0 Å². The number of aryl methyl sites for hydroxylation is 2. The van der Waals surface area contributed by atoms with E-state index in [0.717, 1.165) is 12.8 Å². The Bertz CT molecular complexity index is 540. The third kappa shape index (κ3) is 2.88. The van der Waals surface area contributed by atoms with Crippen molar-refractivity contribution in [2.45, 2.75) is 37.6 Å². The SMILES string of the molecule is Cc1noc(C)c1S(=O)(=O)NCC(=O)NC1CC1. The third-order valence-electron chi connectivity index (χ3n) is 2.60. The number of sulfonamides is 1. The number of hydrogen-bond acceptors (Lipinski definition) is 5. The molecule has 0 unspecified atom stereocenters. The highest BCUT2D eigenvalue weighted by Gasteiger charge is 2.26. The molecule has 2 rings (SSSR count). The molecule has 18 heavy (non-hydrogen) atoms. The molecule has 1 fully saturated rings. The topological polar surface area (TPSA) is 101 Å². The second-order valence-corrected chi connectivity index (χ2v) is 6.02. The standard InChI is InChI=1S/C10H15N3O4S/c1-6-10(7(2)17-13-6)18(15,16)11-5-9(14)12-8-3-4-8/h8,11H,3-5H2,1-2H3,(H,12,14). The molecule has 0 bridgehead atoms. The van der Waals surface area contributed by atoms with E-state index in [9.17, 15) is 13.2 Å². The summed E-state index contributed by atoms with van der Waals surface area (Å²) in [6.45, 7) is 2.77. The largest absolute Gasteiger partial charge is 0.360 e. The maximum absolute atomic E-state index is 11.9. The molecule has 8 heteroatoms. The number of hydrogen-bond donors (Lipinski definition) is 2. The minimum absolute atomic E-state index is 0.00159. The smallest absolute Gasteiger partial charge is 0.246 e. The zero-order valence-electron chi connectivity index (χ0n) is 10.2. The molecule has 1 heterocycles. The van der Waals surface area contributed by atoms with Crippen molar-refractivity contribution in [1.29, 1.82) is 0 Å². The van der Waals surface area contributed by atoms with Crippen LogP contribution in [0, 0.1) is 13.8 Å². The van der Waals surface area contributed by atoms with Gasteiger partial charge >= 0.3 is 0 Å². The maximum Gasteiger partial charge on any atom is 0.246 e. The Hall–Kier alpha value is -1.41. The van der Waals surface area contributed by atoms with E-state index < -0.39 is 10.0 Å². The summed E-state index contributed by atoms with van der Waals surface area (Å²) in [5.74, 6) is -0.115. The average molecular weight is 273 g/mol. The normalized spacial score (nSPS) is 15.7. The number of rotatable bonds is 5. The van der Waals surface area contributed by atoms with E-state index in [4.69, 9.17) is 4.52 Å². The monoisotopic (exact) mass is 273 g/mol. The molecule has 0 aromatic carbocycles. The summed E-state index contributed by atoms with van der Waals surface area (Å²) in [6, 6.07) is 0.209. The Morgan fingerprint density at radius 2 is 2.11 bits per heavy atom. The number of aromatic nitrogens is 1. The van der Waals surface area contributed by atoms with E-state index in [-0.39, 0.29) is 34.8 Å². The lowest BCUT2D eigenvalue weighted by atomic mass is 10.4. The van der Waals surface area contributed by atoms with Crippen LogP contribution in [0.4, 0.5) is 0 Å². The molecule has 0 atom stereocenters. The number of amides is 1. The summed E-state index contributed by atoms with van der Waals surface area (Å²) < 4.78 is 30.9. The first kappa shape index (κ1) is 13.0.